The van der Waals surface area contributed by atoms with E-state index in [2.05, 4.69) is 108 Å². The van der Waals surface area contributed by atoms with Crippen LogP contribution < -0.4 is 5.32 Å². The minimum atomic E-state index is 0.844. The van der Waals surface area contributed by atoms with E-state index in [-0.39, 0.29) is 0 Å². The molecule has 0 bridgehead atoms. The van der Waals surface area contributed by atoms with Crippen molar-refractivity contribution < 1.29 is 8.83 Å². The first-order chi connectivity index (χ1) is 19.3. The molecule has 2 aromatic heterocycles. The second-order valence-corrected chi connectivity index (χ2v) is 9.84. The van der Waals surface area contributed by atoms with Crippen molar-refractivity contribution in [2.75, 3.05) is 5.32 Å². The molecule has 3 nitrogen and oxygen atoms in total. The Bertz CT molecular complexity index is 2120. The van der Waals surface area contributed by atoms with E-state index >= 15 is 0 Å². The lowest BCUT2D eigenvalue weighted by Crippen LogP contribution is -1.90. The van der Waals surface area contributed by atoms with E-state index in [0.717, 1.165) is 66.4 Å². The maximum atomic E-state index is 6.62. The summed E-state index contributed by atoms with van der Waals surface area (Å²) in [4.78, 5) is 0. The van der Waals surface area contributed by atoms with Crippen LogP contribution in [-0.2, 0) is 0 Å². The first-order valence-electron chi connectivity index (χ1n) is 13.1. The van der Waals surface area contributed by atoms with E-state index in [1.54, 1.807) is 0 Å². The fraction of sp³-hybridized carbons (Fsp3) is 0. The molecule has 8 aromatic rings. The Morgan fingerprint density at radius 2 is 1.03 bits per heavy atom. The van der Waals surface area contributed by atoms with E-state index in [0.29, 0.717) is 0 Å². The van der Waals surface area contributed by atoms with Gasteiger partial charge < -0.3 is 14.2 Å². The third-order valence-corrected chi connectivity index (χ3v) is 7.48. The highest BCUT2D eigenvalue weighted by atomic mass is 16.3. The van der Waals surface area contributed by atoms with Crippen LogP contribution in [0.5, 0.6) is 0 Å². The molecule has 3 heteroatoms. The number of anilines is 2. The Balaban J connectivity index is 1.15. The smallest absolute Gasteiger partial charge is 0.147 e. The highest BCUT2D eigenvalue weighted by Gasteiger charge is 2.17. The van der Waals surface area contributed by atoms with Crippen LogP contribution in [0.2, 0.25) is 0 Å². The van der Waals surface area contributed by atoms with E-state index in [1.165, 1.54) is 11.1 Å². The van der Waals surface area contributed by atoms with Crippen molar-refractivity contribution in [3.63, 3.8) is 0 Å². The molecule has 184 valence electrons. The Labute approximate surface area is 224 Å². The summed E-state index contributed by atoms with van der Waals surface area (Å²) in [5.41, 5.74) is 10.2. The number of hydrogen-bond acceptors (Lipinski definition) is 3. The van der Waals surface area contributed by atoms with Crippen LogP contribution in [0.15, 0.2) is 142 Å². The molecule has 8 rings (SSSR count). The molecular formula is C36H23NO2. The van der Waals surface area contributed by atoms with Crippen molar-refractivity contribution >= 4 is 55.3 Å². The zero-order valence-electron chi connectivity index (χ0n) is 21.0. The van der Waals surface area contributed by atoms with Crippen LogP contribution in [0.3, 0.4) is 0 Å². The Morgan fingerprint density at radius 1 is 0.385 bits per heavy atom. The minimum absolute atomic E-state index is 0.844. The molecule has 0 aliphatic carbocycles. The normalized spacial score (nSPS) is 11.6. The van der Waals surface area contributed by atoms with Crippen molar-refractivity contribution in [3.05, 3.63) is 133 Å². The molecular weight excluding hydrogens is 478 g/mol. The van der Waals surface area contributed by atoms with Gasteiger partial charge in [0.25, 0.3) is 0 Å². The number of fused-ring (bicyclic) bond motifs is 7. The van der Waals surface area contributed by atoms with Gasteiger partial charge in [-0.1, -0.05) is 91.0 Å². The van der Waals surface area contributed by atoms with Gasteiger partial charge in [0.2, 0.25) is 0 Å². The van der Waals surface area contributed by atoms with E-state index in [4.69, 9.17) is 8.83 Å². The maximum absolute atomic E-state index is 6.62. The summed E-state index contributed by atoms with van der Waals surface area (Å²) < 4.78 is 12.7. The van der Waals surface area contributed by atoms with Crippen molar-refractivity contribution in [1.82, 2.24) is 0 Å². The van der Waals surface area contributed by atoms with Gasteiger partial charge in [0.05, 0.1) is 5.39 Å². The summed E-state index contributed by atoms with van der Waals surface area (Å²) in [7, 11) is 0. The van der Waals surface area contributed by atoms with E-state index < -0.39 is 0 Å². The van der Waals surface area contributed by atoms with Gasteiger partial charge >= 0.3 is 0 Å². The monoisotopic (exact) mass is 501 g/mol. The molecule has 0 fully saturated rings. The fourth-order valence-corrected chi connectivity index (χ4v) is 5.57. The quantitative estimate of drug-likeness (QED) is 0.261. The topological polar surface area (TPSA) is 38.3 Å². The molecule has 0 radical (unpaired) electrons. The zero-order valence-corrected chi connectivity index (χ0v) is 21.0. The van der Waals surface area contributed by atoms with E-state index in [9.17, 15) is 0 Å². The number of para-hydroxylation sites is 2. The summed E-state index contributed by atoms with van der Waals surface area (Å²) in [5, 5.41) is 7.83. The summed E-state index contributed by atoms with van der Waals surface area (Å²) in [6.07, 6.45) is 0. The first kappa shape index (κ1) is 21.8. The summed E-state index contributed by atoms with van der Waals surface area (Å²) >= 11 is 0. The predicted molar refractivity (Wildman–Crippen MR) is 162 cm³/mol. The van der Waals surface area contributed by atoms with Crippen LogP contribution in [0.1, 0.15) is 0 Å². The van der Waals surface area contributed by atoms with Gasteiger partial charge in [0, 0.05) is 33.1 Å². The Morgan fingerprint density at radius 3 is 1.82 bits per heavy atom. The lowest BCUT2D eigenvalue weighted by molar-refractivity contribution is 0.663. The SMILES string of the molecule is c1ccc(-c2ccc(Nc3ccc(-c4cccc5c4oc4c5ccc5oc6ccccc6c54)cc3)cc2)cc1. The maximum Gasteiger partial charge on any atom is 0.147 e. The van der Waals surface area contributed by atoms with Gasteiger partial charge in [0.15, 0.2) is 0 Å². The van der Waals surface area contributed by atoms with Crippen molar-refractivity contribution in [2.45, 2.75) is 0 Å². The van der Waals surface area contributed by atoms with Crippen LogP contribution >= 0.6 is 0 Å². The van der Waals surface area contributed by atoms with Crippen LogP contribution in [-0.4, -0.2) is 0 Å². The van der Waals surface area contributed by atoms with E-state index in [1.807, 2.05) is 30.3 Å². The molecule has 0 atom stereocenters. The second-order valence-electron chi connectivity index (χ2n) is 9.84. The summed E-state index contributed by atoms with van der Waals surface area (Å²) in [6, 6.07) is 46.1. The van der Waals surface area contributed by atoms with Gasteiger partial charge in [0.1, 0.15) is 22.3 Å². The zero-order chi connectivity index (χ0) is 25.8. The second kappa shape index (κ2) is 8.64. The Hall–Kier alpha value is -5.28. The minimum Gasteiger partial charge on any atom is -0.456 e. The number of furan rings is 2. The Kier molecular flexibility index (Phi) is 4.82. The van der Waals surface area contributed by atoms with Gasteiger partial charge in [-0.2, -0.15) is 0 Å². The van der Waals surface area contributed by atoms with Crippen molar-refractivity contribution in [3.8, 4) is 22.3 Å². The highest BCUT2D eigenvalue weighted by Crippen LogP contribution is 2.41. The molecule has 0 aliphatic rings. The third-order valence-electron chi connectivity index (χ3n) is 7.48. The predicted octanol–water partition coefficient (Wildman–Crippen LogP) is 10.6. The summed E-state index contributed by atoms with van der Waals surface area (Å²) in [6.45, 7) is 0. The fourth-order valence-electron chi connectivity index (χ4n) is 5.57. The standard InChI is InChI=1S/C36H23NO2/c1-2-7-23(8-3-1)24-13-17-26(18-14-24)37-27-19-15-25(16-20-27)28-10-6-11-29-30-21-22-33-34(36(30)39-35(28)29)31-9-4-5-12-32(31)38-33/h1-22,37H. The van der Waals surface area contributed by atoms with Crippen molar-refractivity contribution in [1.29, 1.82) is 0 Å². The van der Waals surface area contributed by atoms with Gasteiger partial charge in [-0.05, 0) is 59.2 Å². The third kappa shape index (κ3) is 3.59. The molecule has 0 saturated carbocycles. The molecule has 6 aromatic carbocycles. The van der Waals surface area contributed by atoms with Gasteiger partial charge in [-0.3, -0.25) is 0 Å². The first-order valence-corrected chi connectivity index (χ1v) is 13.1. The average Bonchev–Trinajstić information content (AvgIpc) is 3.57. The lowest BCUT2D eigenvalue weighted by atomic mass is 10.0. The van der Waals surface area contributed by atoms with Gasteiger partial charge in [-0.15, -0.1) is 0 Å². The number of rotatable bonds is 4. The molecule has 0 amide bonds. The van der Waals surface area contributed by atoms with Crippen LogP contribution in [0, 0.1) is 0 Å². The van der Waals surface area contributed by atoms with Crippen LogP contribution in [0.4, 0.5) is 11.4 Å². The molecule has 0 spiro atoms. The average molecular weight is 502 g/mol. The van der Waals surface area contributed by atoms with Crippen LogP contribution in [0.25, 0.3) is 66.1 Å². The summed E-state index contributed by atoms with van der Waals surface area (Å²) in [5.74, 6) is 0. The van der Waals surface area contributed by atoms with Gasteiger partial charge in [-0.25, -0.2) is 0 Å². The highest BCUT2D eigenvalue weighted by molar-refractivity contribution is 6.23. The lowest BCUT2D eigenvalue weighted by Gasteiger charge is -2.09. The largest absolute Gasteiger partial charge is 0.456 e. The number of nitrogens with one attached hydrogen (secondary N) is 1. The molecule has 0 unspecified atom stereocenters. The molecule has 0 saturated heterocycles. The number of benzene rings is 6. The molecule has 39 heavy (non-hydrogen) atoms. The molecule has 2 heterocycles. The van der Waals surface area contributed by atoms with Crippen molar-refractivity contribution in [2.24, 2.45) is 0 Å². The molecule has 0 aliphatic heterocycles. The molecule has 1 N–H and O–H groups in total. The number of hydrogen-bond donors (Lipinski definition) is 1.